The number of carbonyl (C=O) groups is 2. The van der Waals surface area contributed by atoms with Crippen LogP contribution < -0.4 is 4.90 Å². The van der Waals surface area contributed by atoms with Gasteiger partial charge in [-0.15, -0.1) is 0 Å². The van der Waals surface area contributed by atoms with Gasteiger partial charge in [0, 0.05) is 5.69 Å². The number of nitrogens with zero attached hydrogens (tertiary/aromatic N) is 1. The second-order valence-electron chi connectivity index (χ2n) is 8.71. The maximum Gasteiger partial charge on any atom is 0.334 e. The van der Waals surface area contributed by atoms with E-state index in [1.807, 2.05) is 68.4 Å². The summed E-state index contributed by atoms with van der Waals surface area (Å²) in [5.41, 5.74) is 1.79. The number of esters is 1. The fourth-order valence-electron chi connectivity index (χ4n) is 5.14. The van der Waals surface area contributed by atoms with E-state index >= 15 is 0 Å². The SMILES string of the molecule is COC(=O)C1=C[C@H]2OC(C)(C)O[C@@H]2C[C@@]12C(=O)N(Cc1ccccc1)c1ccccc12. The summed E-state index contributed by atoms with van der Waals surface area (Å²) in [7, 11) is 1.34. The third kappa shape index (κ3) is 3.01. The maximum absolute atomic E-state index is 14.1. The van der Waals surface area contributed by atoms with Gasteiger partial charge >= 0.3 is 5.97 Å². The number of anilines is 1. The predicted octanol–water partition coefficient (Wildman–Crippen LogP) is 3.49. The molecular weight excluding hydrogens is 394 g/mol. The van der Waals surface area contributed by atoms with E-state index in [4.69, 9.17) is 14.2 Å². The van der Waals surface area contributed by atoms with Crippen LogP contribution in [0.2, 0.25) is 0 Å². The first kappa shape index (κ1) is 20.0. The zero-order chi connectivity index (χ0) is 21.8. The van der Waals surface area contributed by atoms with Gasteiger partial charge in [0.25, 0.3) is 0 Å². The average Bonchev–Trinajstić information content (AvgIpc) is 3.19. The number of rotatable bonds is 3. The van der Waals surface area contributed by atoms with Crippen molar-refractivity contribution in [2.24, 2.45) is 0 Å². The summed E-state index contributed by atoms with van der Waals surface area (Å²) in [4.78, 5) is 28.8. The highest BCUT2D eigenvalue weighted by Gasteiger charge is 2.61. The summed E-state index contributed by atoms with van der Waals surface area (Å²) in [6.45, 7) is 4.11. The largest absolute Gasteiger partial charge is 0.466 e. The van der Waals surface area contributed by atoms with Gasteiger partial charge in [0.2, 0.25) is 5.91 Å². The molecule has 0 aromatic heterocycles. The highest BCUT2D eigenvalue weighted by molar-refractivity contribution is 6.15. The van der Waals surface area contributed by atoms with Gasteiger partial charge in [0.05, 0.1) is 25.3 Å². The number of carbonyl (C=O) groups excluding carboxylic acids is 2. The number of benzene rings is 2. The molecule has 2 aromatic rings. The molecule has 1 fully saturated rings. The summed E-state index contributed by atoms with van der Waals surface area (Å²) in [6, 6.07) is 17.5. The molecule has 0 N–H and O–H groups in total. The molecule has 5 rings (SSSR count). The van der Waals surface area contributed by atoms with Crippen LogP contribution >= 0.6 is 0 Å². The van der Waals surface area contributed by atoms with E-state index in [1.54, 1.807) is 11.0 Å². The fraction of sp³-hybridized carbons (Fsp3) is 0.360. The number of ether oxygens (including phenoxy) is 3. The number of para-hydroxylation sites is 1. The predicted molar refractivity (Wildman–Crippen MR) is 114 cm³/mol. The Morgan fingerprint density at radius 2 is 1.81 bits per heavy atom. The molecule has 6 heteroatoms. The lowest BCUT2D eigenvalue weighted by atomic mass is 9.67. The molecule has 2 aliphatic heterocycles. The molecular formula is C25H25NO5. The lowest BCUT2D eigenvalue weighted by Crippen LogP contribution is -2.50. The standard InChI is InChI=1S/C25H25NO5/c1-24(2)30-20-13-18(22(27)29-3)25(14-21(20)31-24)17-11-7-8-12-19(17)26(23(25)28)15-16-9-5-4-6-10-16/h4-13,20-21H,14-15H2,1-3H3/t20-,21-,25+/m1/s1. The Hall–Kier alpha value is -2.96. The van der Waals surface area contributed by atoms with Crippen LogP contribution in [0.15, 0.2) is 66.2 Å². The van der Waals surface area contributed by atoms with E-state index < -0.39 is 23.3 Å². The van der Waals surface area contributed by atoms with Crippen molar-refractivity contribution in [3.05, 3.63) is 77.4 Å². The molecule has 1 spiro atoms. The van der Waals surface area contributed by atoms with Crippen molar-refractivity contribution < 1.29 is 23.8 Å². The number of hydrogen-bond donors (Lipinski definition) is 0. The monoisotopic (exact) mass is 419 g/mol. The molecule has 3 atom stereocenters. The first-order chi connectivity index (χ1) is 14.9. The van der Waals surface area contributed by atoms with E-state index in [-0.39, 0.29) is 12.0 Å². The van der Waals surface area contributed by atoms with Crippen LogP contribution in [0.1, 0.15) is 31.4 Å². The minimum Gasteiger partial charge on any atom is -0.466 e. The van der Waals surface area contributed by atoms with Crippen LogP contribution in [-0.4, -0.2) is 37.0 Å². The quantitative estimate of drug-likeness (QED) is 0.713. The van der Waals surface area contributed by atoms with Gasteiger partial charge < -0.3 is 19.1 Å². The highest BCUT2D eigenvalue weighted by atomic mass is 16.7. The summed E-state index contributed by atoms with van der Waals surface area (Å²) < 4.78 is 17.2. The molecule has 2 aromatic carbocycles. The average molecular weight is 419 g/mol. The molecule has 1 saturated heterocycles. The molecule has 0 radical (unpaired) electrons. The van der Waals surface area contributed by atoms with Crippen molar-refractivity contribution in [1.82, 2.24) is 0 Å². The van der Waals surface area contributed by atoms with Crippen molar-refractivity contribution in [1.29, 1.82) is 0 Å². The van der Waals surface area contributed by atoms with Gasteiger partial charge in [0.1, 0.15) is 11.5 Å². The lowest BCUT2D eigenvalue weighted by molar-refractivity contribution is -0.145. The van der Waals surface area contributed by atoms with Gasteiger partial charge in [-0.2, -0.15) is 0 Å². The normalized spacial score (nSPS) is 28.3. The first-order valence-corrected chi connectivity index (χ1v) is 10.5. The van der Waals surface area contributed by atoms with Gasteiger partial charge in [-0.3, -0.25) is 4.79 Å². The van der Waals surface area contributed by atoms with E-state index in [0.717, 1.165) is 16.8 Å². The summed E-state index contributed by atoms with van der Waals surface area (Å²) in [5, 5.41) is 0. The van der Waals surface area contributed by atoms with Crippen LogP contribution in [-0.2, 0) is 35.8 Å². The molecule has 0 saturated carbocycles. The van der Waals surface area contributed by atoms with Crippen LogP contribution in [0.25, 0.3) is 0 Å². The van der Waals surface area contributed by atoms with E-state index in [2.05, 4.69) is 0 Å². The number of methoxy groups -OCH3 is 1. The minimum absolute atomic E-state index is 0.138. The summed E-state index contributed by atoms with van der Waals surface area (Å²) in [5.74, 6) is -1.44. The topological polar surface area (TPSA) is 65.1 Å². The van der Waals surface area contributed by atoms with Crippen molar-refractivity contribution in [3.63, 3.8) is 0 Å². The lowest BCUT2D eigenvalue weighted by Gasteiger charge is -2.36. The Bertz CT molecular complexity index is 1080. The molecule has 31 heavy (non-hydrogen) atoms. The second-order valence-corrected chi connectivity index (χ2v) is 8.71. The molecule has 0 unspecified atom stereocenters. The van der Waals surface area contributed by atoms with Gasteiger partial charge in [-0.1, -0.05) is 48.5 Å². The molecule has 1 amide bonds. The molecule has 3 aliphatic rings. The Labute approximate surface area is 181 Å². The van der Waals surface area contributed by atoms with Crippen molar-refractivity contribution >= 4 is 17.6 Å². The van der Waals surface area contributed by atoms with E-state index in [0.29, 0.717) is 18.5 Å². The summed E-state index contributed by atoms with van der Waals surface area (Å²) >= 11 is 0. The molecule has 2 heterocycles. The molecule has 1 aliphatic carbocycles. The van der Waals surface area contributed by atoms with Crippen molar-refractivity contribution in [3.8, 4) is 0 Å². The Balaban J connectivity index is 1.65. The third-order valence-corrected chi connectivity index (χ3v) is 6.37. The van der Waals surface area contributed by atoms with Gasteiger partial charge in [-0.05, 0) is 43.5 Å². The maximum atomic E-state index is 14.1. The molecule has 6 nitrogen and oxygen atoms in total. The number of hydrogen-bond acceptors (Lipinski definition) is 5. The van der Waals surface area contributed by atoms with Crippen LogP contribution in [0.3, 0.4) is 0 Å². The zero-order valence-electron chi connectivity index (χ0n) is 17.8. The third-order valence-electron chi connectivity index (χ3n) is 6.37. The number of fused-ring (bicyclic) bond motifs is 3. The second kappa shape index (κ2) is 7.04. The Kier molecular flexibility index (Phi) is 4.53. The van der Waals surface area contributed by atoms with Crippen molar-refractivity contribution in [2.45, 2.75) is 50.2 Å². The fourth-order valence-corrected chi connectivity index (χ4v) is 5.14. The van der Waals surface area contributed by atoms with Crippen LogP contribution in [0.5, 0.6) is 0 Å². The van der Waals surface area contributed by atoms with Gasteiger partial charge in [-0.25, -0.2) is 4.79 Å². The minimum atomic E-state index is -1.16. The Morgan fingerprint density at radius 3 is 2.55 bits per heavy atom. The Morgan fingerprint density at radius 1 is 1.10 bits per heavy atom. The summed E-state index contributed by atoms with van der Waals surface area (Å²) in [6.07, 6.45) is 1.31. The van der Waals surface area contributed by atoms with Crippen LogP contribution in [0.4, 0.5) is 5.69 Å². The highest BCUT2D eigenvalue weighted by Crippen LogP contribution is 2.54. The molecule has 0 bridgehead atoms. The van der Waals surface area contributed by atoms with Gasteiger partial charge in [0.15, 0.2) is 5.79 Å². The van der Waals surface area contributed by atoms with Crippen molar-refractivity contribution in [2.75, 3.05) is 12.0 Å². The first-order valence-electron chi connectivity index (χ1n) is 10.5. The smallest absolute Gasteiger partial charge is 0.334 e. The van der Waals surface area contributed by atoms with E-state index in [1.165, 1.54) is 7.11 Å². The van der Waals surface area contributed by atoms with Crippen LogP contribution in [0, 0.1) is 0 Å². The zero-order valence-corrected chi connectivity index (χ0v) is 17.8. The molecule has 160 valence electrons. The van der Waals surface area contributed by atoms with E-state index in [9.17, 15) is 9.59 Å². The number of amides is 1.